The highest BCUT2D eigenvalue weighted by Gasteiger charge is 2.07. The summed E-state index contributed by atoms with van der Waals surface area (Å²) < 4.78 is 5.16. The molecule has 0 fully saturated rings. The highest BCUT2D eigenvalue weighted by Crippen LogP contribution is 2.17. The minimum absolute atomic E-state index is 0.124. The van der Waals surface area contributed by atoms with Crippen molar-refractivity contribution in [1.29, 1.82) is 0 Å². The topological polar surface area (TPSA) is 79.5 Å². The van der Waals surface area contributed by atoms with E-state index in [1.165, 1.54) is 0 Å². The number of hydrogen-bond acceptors (Lipinski definition) is 4. The molecule has 0 saturated carbocycles. The first kappa shape index (κ1) is 19.9. The second kappa shape index (κ2) is 9.41. The lowest BCUT2D eigenvalue weighted by atomic mass is 10.1. The third kappa shape index (κ3) is 5.84. The fourth-order valence-electron chi connectivity index (χ4n) is 2.75. The molecule has 0 radical (unpaired) electrons. The minimum atomic E-state index is -0.177. The van der Waals surface area contributed by atoms with Crippen LogP contribution in [0.15, 0.2) is 72.8 Å². The van der Waals surface area contributed by atoms with Crippen molar-refractivity contribution in [3.63, 3.8) is 0 Å². The Morgan fingerprint density at radius 2 is 1.52 bits per heavy atom. The van der Waals surface area contributed by atoms with Crippen LogP contribution in [0.2, 0.25) is 0 Å². The van der Waals surface area contributed by atoms with Gasteiger partial charge in [-0.1, -0.05) is 23.8 Å². The van der Waals surface area contributed by atoms with Gasteiger partial charge in [-0.15, -0.1) is 0 Å². The molecule has 0 aliphatic rings. The van der Waals surface area contributed by atoms with Gasteiger partial charge in [0.15, 0.2) is 0 Å². The molecule has 3 aromatic carbocycles. The Morgan fingerprint density at radius 1 is 0.828 bits per heavy atom. The average molecular weight is 389 g/mol. The molecule has 3 rings (SSSR count). The number of carbonyl (C=O) groups excluding carboxylic acids is 2. The number of anilines is 3. The molecule has 0 aliphatic heterocycles. The van der Waals surface area contributed by atoms with Crippen LogP contribution in [0, 0.1) is 6.92 Å². The third-order valence-electron chi connectivity index (χ3n) is 4.23. The monoisotopic (exact) mass is 389 g/mol. The summed E-state index contributed by atoms with van der Waals surface area (Å²) in [4.78, 5) is 24.4. The number of hydrogen-bond donors (Lipinski definition) is 3. The molecule has 6 nitrogen and oxygen atoms in total. The molecule has 3 N–H and O–H groups in total. The summed E-state index contributed by atoms with van der Waals surface area (Å²) in [6, 6.07) is 21.8. The van der Waals surface area contributed by atoms with E-state index in [1.54, 1.807) is 37.4 Å². The summed E-state index contributed by atoms with van der Waals surface area (Å²) in [7, 11) is 1.60. The van der Waals surface area contributed by atoms with Crippen LogP contribution in [0.25, 0.3) is 0 Å². The Hall–Kier alpha value is -3.80. The molecule has 0 saturated heterocycles. The van der Waals surface area contributed by atoms with Crippen LogP contribution in [0.1, 0.15) is 15.9 Å². The van der Waals surface area contributed by atoms with Gasteiger partial charge in [0.25, 0.3) is 5.91 Å². The molecule has 0 atom stereocenters. The van der Waals surface area contributed by atoms with Crippen LogP contribution in [-0.2, 0) is 4.79 Å². The average Bonchev–Trinajstić information content (AvgIpc) is 2.74. The summed E-state index contributed by atoms with van der Waals surface area (Å²) in [6.45, 7) is 2.07. The SMILES string of the molecule is COc1cccc(NCC(=O)Nc2ccc(NC(=O)c3cccc(C)c3)cc2)c1. The van der Waals surface area contributed by atoms with Crippen LogP contribution in [0.4, 0.5) is 17.1 Å². The van der Waals surface area contributed by atoms with Gasteiger partial charge in [0.05, 0.1) is 13.7 Å². The van der Waals surface area contributed by atoms with Gasteiger partial charge >= 0.3 is 0 Å². The van der Waals surface area contributed by atoms with Crippen LogP contribution in [0.5, 0.6) is 5.75 Å². The van der Waals surface area contributed by atoms with Crippen molar-refractivity contribution < 1.29 is 14.3 Å². The van der Waals surface area contributed by atoms with E-state index in [0.717, 1.165) is 17.0 Å². The summed E-state index contributed by atoms with van der Waals surface area (Å²) in [5.41, 5.74) is 3.73. The first-order chi connectivity index (χ1) is 14.0. The van der Waals surface area contributed by atoms with Crippen LogP contribution < -0.4 is 20.7 Å². The summed E-state index contributed by atoms with van der Waals surface area (Å²) in [5, 5.41) is 8.71. The molecule has 0 unspecified atom stereocenters. The fraction of sp³-hybridized carbons (Fsp3) is 0.130. The number of amides is 2. The Bertz CT molecular complexity index is 1000. The van der Waals surface area contributed by atoms with Gasteiger partial charge in [-0.2, -0.15) is 0 Å². The smallest absolute Gasteiger partial charge is 0.255 e. The van der Waals surface area contributed by atoms with E-state index in [9.17, 15) is 9.59 Å². The summed E-state index contributed by atoms with van der Waals surface area (Å²) in [6.07, 6.45) is 0. The quantitative estimate of drug-likeness (QED) is 0.563. The maximum Gasteiger partial charge on any atom is 0.255 e. The van der Waals surface area contributed by atoms with E-state index in [0.29, 0.717) is 16.9 Å². The zero-order valence-electron chi connectivity index (χ0n) is 16.4. The predicted octanol–water partition coefficient (Wildman–Crippen LogP) is 4.31. The molecular weight excluding hydrogens is 366 g/mol. The summed E-state index contributed by atoms with van der Waals surface area (Å²) in [5.74, 6) is 0.371. The highest BCUT2D eigenvalue weighted by molar-refractivity contribution is 6.04. The molecule has 2 amide bonds. The maximum atomic E-state index is 12.3. The lowest BCUT2D eigenvalue weighted by Gasteiger charge is -2.10. The van der Waals surface area contributed by atoms with E-state index < -0.39 is 0 Å². The molecule has 0 bridgehead atoms. The van der Waals surface area contributed by atoms with E-state index in [4.69, 9.17) is 4.74 Å². The third-order valence-corrected chi connectivity index (χ3v) is 4.23. The Kier molecular flexibility index (Phi) is 6.47. The number of nitrogens with one attached hydrogen (secondary N) is 3. The van der Waals surface area contributed by atoms with Gasteiger partial charge in [-0.05, 0) is 55.5 Å². The van der Waals surface area contributed by atoms with Gasteiger partial charge < -0.3 is 20.7 Å². The molecule has 0 aromatic heterocycles. The Balaban J connectivity index is 1.51. The minimum Gasteiger partial charge on any atom is -0.497 e. The molecule has 29 heavy (non-hydrogen) atoms. The fourth-order valence-corrected chi connectivity index (χ4v) is 2.75. The van der Waals surface area contributed by atoms with Crippen LogP contribution in [0.3, 0.4) is 0 Å². The van der Waals surface area contributed by atoms with Crippen molar-refractivity contribution in [2.75, 3.05) is 29.6 Å². The number of benzene rings is 3. The normalized spacial score (nSPS) is 10.1. The number of rotatable bonds is 7. The Morgan fingerprint density at radius 3 is 2.21 bits per heavy atom. The molecule has 148 valence electrons. The number of carbonyl (C=O) groups is 2. The maximum absolute atomic E-state index is 12.3. The lowest BCUT2D eigenvalue weighted by molar-refractivity contribution is -0.114. The van der Waals surface area contributed by atoms with E-state index in [1.807, 2.05) is 49.4 Å². The number of methoxy groups -OCH3 is 1. The Labute approximate surface area is 169 Å². The second-order valence-corrected chi connectivity index (χ2v) is 6.53. The van der Waals surface area contributed by atoms with Gasteiger partial charge in [0, 0.05) is 28.7 Å². The first-order valence-electron chi connectivity index (χ1n) is 9.19. The number of ether oxygens (including phenoxy) is 1. The van der Waals surface area contributed by atoms with E-state index in [2.05, 4.69) is 16.0 Å². The van der Waals surface area contributed by atoms with E-state index >= 15 is 0 Å². The van der Waals surface area contributed by atoms with Crippen molar-refractivity contribution in [1.82, 2.24) is 0 Å². The zero-order valence-corrected chi connectivity index (χ0v) is 16.4. The molecule has 0 aliphatic carbocycles. The van der Waals surface area contributed by atoms with Gasteiger partial charge in [-0.3, -0.25) is 9.59 Å². The molecular formula is C23H23N3O3. The number of aryl methyl sites for hydroxylation is 1. The van der Waals surface area contributed by atoms with Crippen LogP contribution in [-0.4, -0.2) is 25.5 Å². The van der Waals surface area contributed by atoms with Gasteiger partial charge in [0.1, 0.15) is 5.75 Å². The van der Waals surface area contributed by atoms with Crippen molar-refractivity contribution in [3.8, 4) is 5.75 Å². The largest absolute Gasteiger partial charge is 0.497 e. The van der Waals surface area contributed by atoms with E-state index in [-0.39, 0.29) is 18.4 Å². The molecule has 0 spiro atoms. The van der Waals surface area contributed by atoms with Gasteiger partial charge in [-0.25, -0.2) is 0 Å². The molecule has 6 heteroatoms. The molecule has 3 aromatic rings. The van der Waals surface area contributed by atoms with Crippen molar-refractivity contribution in [2.24, 2.45) is 0 Å². The predicted molar refractivity (Wildman–Crippen MR) is 116 cm³/mol. The second-order valence-electron chi connectivity index (χ2n) is 6.53. The van der Waals surface area contributed by atoms with Crippen molar-refractivity contribution in [3.05, 3.63) is 83.9 Å². The molecule has 0 heterocycles. The first-order valence-corrected chi connectivity index (χ1v) is 9.19. The lowest BCUT2D eigenvalue weighted by Crippen LogP contribution is -2.21. The van der Waals surface area contributed by atoms with Crippen LogP contribution >= 0.6 is 0 Å². The standard InChI is InChI=1S/C23H23N3O3/c1-16-5-3-6-17(13-16)23(28)26-19-11-9-18(10-12-19)25-22(27)15-24-20-7-4-8-21(14-20)29-2/h3-14,24H,15H2,1-2H3,(H,25,27)(H,26,28). The summed E-state index contributed by atoms with van der Waals surface area (Å²) >= 11 is 0. The van der Waals surface area contributed by atoms with Crippen molar-refractivity contribution in [2.45, 2.75) is 6.92 Å². The zero-order chi connectivity index (χ0) is 20.6. The highest BCUT2D eigenvalue weighted by atomic mass is 16.5. The van der Waals surface area contributed by atoms with Gasteiger partial charge in [0.2, 0.25) is 5.91 Å². The van der Waals surface area contributed by atoms with Crippen molar-refractivity contribution >= 4 is 28.9 Å².